The molecule has 1 rings (SSSR count). The van der Waals surface area contributed by atoms with Crippen molar-refractivity contribution in [1.82, 2.24) is 10.6 Å². The average Bonchev–Trinajstić information content (AvgIpc) is 2.58. The van der Waals surface area contributed by atoms with Gasteiger partial charge < -0.3 is 15.7 Å². The lowest BCUT2D eigenvalue weighted by Gasteiger charge is -2.23. The third-order valence-corrected chi connectivity index (χ3v) is 4.04. The van der Waals surface area contributed by atoms with Crippen LogP contribution in [0.15, 0.2) is 30.3 Å². The Kier molecular flexibility index (Phi) is 9.85. The Balaban J connectivity index is 2.65. The van der Waals surface area contributed by atoms with Crippen LogP contribution in [0.1, 0.15) is 52.0 Å². The molecule has 25 heavy (non-hydrogen) atoms. The molecule has 5 heteroatoms. The topological polar surface area (TPSA) is 78.4 Å². The Labute approximate surface area is 151 Å². The summed E-state index contributed by atoms with van der Waals surface area (Å²) in [5.74, 6) is -0.109. The summed E-state index contributed by atoms with van der Waals surface area (Å²) in [4.78, 5) is 24.9. The van der Waals surface area contributed by atoms with E-state index in [1.807, 2.05) is 44.2 Å². The number of amides is 2. The first-order valence-electron chi connectivity index (χ1n) is 9.20. The predicted molar refractivity (Wildman–Crippen MR) is 100 cm³/mol. The Hall–Kier alpha value is -1.88. The summed E-state index contributed by atoms with van der Waals surface area (Å²) in [5, 5.41) is 15.2. The Morgan fingerprint density at radius 1 is 1.12 bits per heavy atom. The van der Waals surface area contributed by atoms with Crippen LogP contribution in [0, 0.1) is 5.92 Å². The van der Waals surface area contributed by atoms with E-state index >= 15 is 0 Å². The quantitative estimate of drug-likeness (QED) is 0.575. The largest absolute Gasteiger partial charge is 0.394 e. The Morgan fingerprint density at radius 2 is 1.80 bits per heavy atom. The van der Waals surface area contributed by atoms with Crippen LogP contribution in [0.4, 0.5) is 0 Å². The second kappa shape index (κ2) is 11.6. The number of hydrogen-bond acceptors (Lipinski definition) is 3. The molecule has 0 aromatic heterocycles. The lowest BCUT2D eigenvalue weighted by molar-refractivity contribution is -0.129. The van der Waals surface area contributed by atoms with Crippen LogP contribution < -0.4 is 10.6 Å². The van der Waals surface area contributed by atoms with Crippen LogP contribution in [-0.4, -0.2) is 35.6 Å². The first-order chi connectivity index (χ1) is 12.0. The lowest BCUT2D eigenvalue weighted by atomic mass is 10.0. The van der Waals surface area contributed by atoms with Crippen LogP contribution in [0.25, 0.3) is 0 Å². The zero-order chi connectivity index (χ0) is 18.7. The molecule has 0 fully saturated rings. The highest BCUT2D eigenvalue weighted by atomic mass is 16.3. The van der Waals surface area contributed by atoms with Crippen molar-refractivity contribution >= 4 is 11.8 Å². The van der Waals surface area contributed by atoms with Crippen molar-refractivity contribution in [3.8, 4) is 0 Å². The van der Waals surface area contributed by atoms with Gasteiger partial charge in [0.15, 0.2) is 0 Å². The molecular weight excluding hydrogens is 316 g/mol. The maximum absolute atomic E-state index is 12.6. The van der Waals surface area contributed by atoms with Gasteiger partial charge in [-0.15, -0.1) is 0 Å². The SMILES string of the molecule is CCCC[C@@H](CO)NC(=O)[C@H](CC(C)C)NC(=O)Cc1ccccc1. The van der Waals surface area contributed by atoms with Gasteiger partial charge >= 0.3 is 0 Å². The first-order valence-corrected chi connectivity index (χ1v) is 9.20. The lowest BCUT2D eigenvalue weighted by Crippen LogP contribution is -2.51. The highest BCUT2D eigenvalue weighted by molar-refractivity contribution is 5.88. The summed E-state index contributed by atoms with van der Waals surface area (Å²) in [6, 6.07) is 8.63. The molecule has 3 N–H and O–H groups in total. The number of carbonyl (C=O) groups is 2. The number of unbranched alkanes of at least 4 members (excludes halogenated alkanes) is 1. The van der Waals surface area contributed by atoms with Crippen molar-refractivity contribution in [2.24, 2.45) is 5.92 Å². The van der Waals surface area contributed by atoms with Gasteiger partial charge in [-0.2, -0.15) is 0 Å². The van der Waals surface area contributed by atoms with Crippen molar-refractivity contribution in [3.05, 3.63) is 35.9 Å². The van der Waals surface area contributed by atoms with Crippen LogP contribution in [0.2, 0.25) is 0 Å². The van der Waals surface area contributed by atoms with Crippen molar-refractivity contribution in [2.75, 3.05) is 6.61 Å². The molecular formula is C20H32N2O3. The minimum absolute atomic E-state index is 0.0852. The standard InChI is InChI=1S/C20H32N2O3/c1-4-5-11-17(14-23)21-20(25)18(12-15(2)3)22-19(24)13-16-9-7-6-8-10-16/h6-10,15,17-18,23H,4-5,11-14H2,1-3H3,(H,21,25)(H,22,24)/t17-,18-/m0/s1. The van der Waals surface area contributed by atoms with Gasteiger partial charge in [-0.05, 0) is 24.3 Å². The minimum atomic E-state index is -0.577. The summed E-state index contributed by atoms with van der Waals surface area (Å²) in [6.07, 6.45) is 3.52. The third kappa shape index (κ3) is 8.68. The van der Waals surface area contributed by atoms with E-state index < -0.39 is 6.04 Å². The summed E-state index contributed by atoms with van der Waals surface area (Å²) < 4.78 is 0. The molecule has 0 saturated heterocycles. The monoisotopic (exact) mass is 348 g/mol. The zero-order valence-corrected chi connectivity index (χ0v) is 15.6. The number of benzene rings is 1. The molecule has 0 unspecified atom stereocenters. The van der Waals surface area contributed by atoms with Crippen molar-refractivity contribution in [3.63, 3.8) is 0 Å². The van der Waals surface area contributed by atoms with Gasteiger partial charge in [0.1, 0.15) is 6.04 Å². The summed E-state index contributed by atoms with van der Waals surface area (Å²) in [6.45, 7) is 6.02. The van der Waals surface area contributed by atoms with Crippen molar-refractivity contribution in [1.29, 1.82) is 0 Å². The van der Waals surface area contributed by atoms with Crippen molar-refractivity contribution in [2.45, 2.75) is 65.0 Å². The second-order valence-corrected chi connectivity index (χ2v) is 6.94. The molecule has 0 aliphatic heterocycles. The molecule has 0 aliphatic rings. The van der Waals surface area contributed by atoms with E-state index in [0.29, 0.717) is 6.42 Å². The van der Waals surface area contributed by atoms with Gasteiger partial charge in [-0.25, -0.2) is 0 Å². The van der Waals surface area contributed by atoms with Gasteiger partial charge in [-0.3, -0.25) is 9.59 Å². The number of aliphatic hydroxyl groups is 1. The van der Waals surface area contributed by atoms with Crippen LogP contribution in [0.3, 0.4) is 0 Å². The average molecular weight is 348 g/mol. The molecule has 5 nitrogen and oxygen atoms in total. The fourth-order valence-electron chi connectivity index (χ4n) is 2.69. The van der Waals surface area contributed by atoms with Crippen LogP contribution >= 0.6 is 0 Å². The van der Waals surface area contributed by atoms with E-state index in [-0.39, 0.29) is 36.8 Å². The second-order valence-electron chi connectivity index (χ2n) is 6.94. The fraction of sp³-hybridized carbons (Fsp3) is 0.600. The fourth-order valence-corrected chi connectivity index (χ4v) is 2.69. The molecule has 0 aliphatic carbocycles. The van der Waals surface area contributed by atoms with Gasteiger partial charge in [0.2, 0.25) is 11.8 Å². The zero-order valence-electron chi connectivity index (χ0n) is 15.6. The molecule has 0 bridgehead atoms. The smallest absolute Gasteiger partial charge is 0.242 e. The predicted octanol–water partition coefficient (Wildman–Crippen LogP) is 2.43. The minimum Gasteiger partial charge on any atom is -0.394 e. The molecule has 0 spiro atoms. The van der Waals surface area contributed by atoms with E-state index in [1.54, 1.807) is 0 Å². The number of carbonyl (C=O) groups excluding carboxylic acids is 2. The normalized spacial score (nSPS) is 13.3. The number of hydrogen-bond donors (Lipinski definition) is 3. The Morgan fingerprint density at radius 3 is 2.36 bits per heavy atom. The molecule has 2 atom stereocenters. The molecule has 0 heterocycles. The Bertz CT molecular complexity index is 517. The summed E-state index contributed by atoms with van der Waals surface area (Å²) >= 11 is 0. The van der Waals surface area contributed by atoms with Crippen LogP contribution in [0.5, 0.6) is 0 Å². The summed E-state index contributed by atoms with van der Waals surface area (Å²) in [5.41, 5.74) is 0.917. The molecule has 140 valence electrons. The van der Waals surface area contributed by atoms with Gasteiger partial charge in [-0.1, -0.05) is 63.9 Å². The van der Waals surface area contributed by atoms with E-state index in [9.17, 15) is 14.7 Å². The maximum atomic E-state index is 12.6. The van der Waals surface area contributed by atoms with Gasteiger partial charge in [0.25, 0.3) is 0 Å². The number of aliphatic hydroxyl groups excluding tert-OH is 1. The molecule has 1 aromatic carbocycles. The molecule has 0 saturated carbocycles. The molecule has 2 amide bonds. The molecule has 1 aromatic rings. The highest BCUT2D eigenvalue weighted by Gasteiger charge is 2.24. The van der Waals surface area contributed by atoms with Crippen molar-refractivity contribution < 1.29 is 14.7 Å². The van der Waals surface area contributed by atoms with Crippen LogP contribution in [-0.2, 0) is 16.0 Å². The van der Waals surface area contributed by atoms with Gasteiger partial charge in [0, 0.05) is 0 Å². The van der Waals surface area contributed by atoms with E-state index in [2.05, 4.69) is 17.6 Å². The van der Waals surface area contributed by atoms with E-state index in [0.717, 1.165) is 24.8 Å². The van der Waals surface area contributed by atoms with Gasteiger partial charge in [0.05, 0.1) is 19.1 Å². The van der Waals surface area contributed by atoms with E-state index in [4.69, 9.17) is 0 Å². The number of nitrogens with one attached hydrogen (secondary N) is 2. The highest BCUT2D eigenvalue weighted by Crippen LogP contribution is 2.08. The first kappa shape index (κ1) is 21.2. The molecule has 0 radical (unpaired) electrons. The van der Waals surface area contributed by atoms with E-state index in [1.165, 1.54) is 0 Å². The summed E-state index contributed by atoms with van der Waals surface area (Å²) in [7, 11) is 0. The maximum Gasteiger partial charge on any atom is 0.242 e. The number of rotatable bonds is 11. The third-order valence-electron chi connectivity index (χ3n) is 4.04.